The zero-order valence-corrected chi connectivity index (χ0v) is 18.5. The van der Waals surface area contributed by atoms with Crippen molar-refractivity contribution in [2.24, 2.45) is 11.3 Å². The SMILES string of the molecule is CC(C)(C)OC(=O)NC1CC2CNCC2(C(=O)N2CCc3ncc(C(F)(F)F)cc3C2)C1. The molecule has 3 atom stereocenters. The van der Waals surface area contributed by atoms with Gasteiger partial charge in [-0.15, -0.1) is 0 Å². The molecule has 0 bridgehead atoms. The number of carbonyl (C=O) groups excluding carboxylic acids is 2. The number of ether oxygens (including phenoxy) is 1. The molecular weight excluding hydrogens is 425 g/mol. The fourth-order valence-electron chi connectivity index (χ4n) is 5.21. The van der Waals surface area contributed by atoms with Crippen molar-refractivity contribution in [3.8, 4) is 0 Å². The molecular formula is C22H29F3N4O3. The van der Waals surface area contributed by atoms with Gasteiger partial charge in [0.05, 0.1) is 11.0 Å². The van der Waals surface area contributed by atoms with Crippen molar-refractivity contribution in [1.82, 2.24) is 20.5 Å². The van der Waals surface area contributed by atoms with Gasteiger partial charge in [-0.25, -0.2) is 4.79 Å². The summed E-state index contributed by atoms with van der Waals surface area (Å²) in [4.78, 5) is 31.5. The molecule has 7 nitrogen and oxygen atoms in total. The minimum Gasteiger partial charge on any atom is -0.444 e. The number of fused-ring (bicyclic) bond motifs is 2. The highest BCUT2D eigenvalue weighted by Gasteiger charge is 2.56. The number of amides is 2. The number of alkyl halides is 3. The number of pyridine rings is 1. The van der Waals surface area contributed by atoms with Crippen LogP contribution in [0.5, 0.6) is 0 Å². The molecule has 10 heteroatoms. The van der Waals surface area contributed by atoms with Crippen LogP contribution in [-0.2, 0) is 28.7 Å². The second-order valence-electron chi connectivity index (χ2n) is 10.1. The average molecular weight is 454 g/mol. The van der Waals surface area contributed by atoms with Gasteiger partial charge in [0.2, 0.25) is 5.91 Å². The van der Waals surface area contributed by atoms with Gasteiger partial charge in [-0.3, -0.25) is 9.78 Å². The van der Waals surface area contributed by atoms with Crippen molar-refractivity contribution in [2.75, 3.05) is 19.6 Å². The molecule has 1 saturated carbocycles. The Kier molecular flexibility index (Phi) is 5.63. The molecule has 1 saturated heterocycles. The second kappa shape index (κ2) is 7.90. The van der Waals surface area contributed by atoms with E-state index < -0.39 is 28.8 Å². The van der Waals surface area contributed by atoms with E-state index in [4.69, 9.17) is 4.74 Å². The first kappa shape index (κ1) is 22.8. The fraction of sp³-hybridized carbons (Fsp3) is 0.682. The third-order valence-corrected chi connectivity index (χ3v) is 6.59. The maximum Gasteiger partial charge on any atom is 0.417 e. The Hall–Kier alpha value is -2.36. The van der Waals surface area contributed by atoms with E-state index in [2.05, 4.69) is 15.6 Å². The number of carbonyl (C=O) groups is 2. The van der Waals surface area contributed by atoms with Gasteiger partial charge in [0, 0.05) is 44.0 Å². The second-order valence-corrected chi connectivity index (χ2v) is 10.1. The summed E-state index contributed by atoms with van der Waals surface area (Å²) < 4.78 is 44.7. The molecule has 1 aliphatic carbocycles. The fourth-order valence-corrected chi connectivity index (χ4v) is 5.21. The summed E-state index contributed by atoms with van der Waals surface area (Å²) in [6.45, 7) is 7.07. The van der Waals surface area contributed by atoms with Crippen molar-refractivity contribution >= 4 is 12.0 Å². The Morgan fingerprint density at radius 2 is 2.06 bits per heavy atom. The van der Waals surface area contributed by atoms with Crippen LogP contribution < -0.4 is 10.6 Å². The van der Waals surface area contributed by atoms with Crippen LogP contribution in [0.2, 0.25) is 0 Å². The minimum atomic E-state index is -4.47. The van der Waals surface area contributed by atoms with E-state index in [0.717, 1.165) is 12.3 Å². The Morgan fingerprint density at radius 1 is 1.31 bits per heavy atom. The summed E-state index contributed by atoms with van der Waals surface area (Å²) >= 11 is 0. The smallest absolute Gasteiger partial charge is 0.417 e. The maximum atomic E-state index is 13.7. The van der Waals surface area contributed by atoms with Gasteiger partial charge in [-0.2, -0.15) is 13.2 Å². The molecule has 4 rings (SSSR count). The molecule has 176 valence electrons. The van der Waals surface area contributed by atoms with Gasteiger partial charge in [0.25, 0.3) is 0 Å². The topological polar surface area (TPSA) is 83.6 Å². The molecule has 3 aliphatic rings. The lowest BCUT2D eigenvalue weighted by molar-refractivity contribution is -0.143. The highest BCUT2D eigenvalue weighted by Crippen LogP contribution is 2.48. The Morgan fingerprint density at radius 3 is 2.75 bits per heavy atom. The van der Waals surface area contributed by atoms with Gasteiger partial charge in [0.1, 0.15) is 5.60 Å². The number of rotatable bonds is 2. The predicted molar refractivity (Wildman–Crippen MR) is 110 cm³/mol. The molecule has 0 radical (unpaired) electrons. The third-order valence-electron chi connectivity index (χ3n) is 6.59. The van der Waals surface area contributed by atoms with Crippen LogP contribution in [0.4, 0.5) is 18.0 Å². The molecule has 2 N–H and O–H groups in total. The van der Waals surface area contributed by atoms with Gasteiger partial charge in [-0.1, -0.05) is 0 Å². The first-order valence-electron chi connectivity index (χ1n) is 10.9. The van der Waals surface area contributed by atoms with Gasteiger partial charge < -0.3 is 20.3 Å². The largest absolute Gasteiger partial charge is 0.444 e. The van der Waals surface area contributed by atoms with E-state index in [1.54, 1.807) is 25.7 Å². The number of aromatic nitrogens is 1. The number of nitrogens with one attached hydrogen (secondary N) is 2. The summed E-state index contributed by atoms with van der Waals surface area (Å²) in [6, 6.07) is 0.919. The van der Waals surface area contributed by atoms with Crippen molar-refractivity contribution in [3.63, 3.8) is 0 Å². The van der Waals surface area contributed by atoms with E-state index in [-0.39, 0.29) is 24.4 Å². The minimum absolute atomic E-state index is 0.0518. The summed E-state index contributed by atoms with van der Waals surface area (Å²) in [7, 11) is 0. The van der Waals surface area contributed by atoms with Crippen LogP contribution in [0, 0.1) is 11.3 Å². The first-order valence-corrected chi connectivity index (χ1v) is 10.9. The molecule has 2 fully saturated rings. The van der Waals surface area contributed by atoms with Crippen molar-refractivity contribution < 1.29 is 27.5 Å². The van der Waals surface area contributed by atoms with Gasteiger partial charge >= 0.3 is 12.3 Å². The van der Waals surface area contributed by atoms with Crippen LogP contribution in [0.1, 0.15) is 50.4 Å². The maximum absolute atomic E-state index is 13.7. The van der Waals surface area contributed by atoms with Gasteiger partial charge in [0.15, 0.2) is 0 Å². The molecule has 3 heterocycles. The Labute approximate surface area is 185 Å². The summed E-state index contributed by atoms with van der Waals surface area (Å²) in [6.07, 6.45) is -2.56. The Balaban J connectivity index is 1.48. The van der Waals surface area contributed by atoms with Crippen molar-refractivity contribution in [3.05, 3.63) is 29.1 Å². The predicted octanol–water partition coefficient (Wildman–Crippen LogP) is 2.88. The standard InChI is InChI=1S/C22H29F3N4O3/c1-20(2,3)32-19(31)28-16-7-14-9-26-12-21(14,8-16)18(30)29-5-4-17-13(11-29)6-15(10-27-17)22(23,24)25/h6,10,14,16,26H,4-5,7-9,11-12H2,1-3H3,(H,28,31). The first-order chi connectivity index (χ1) is 14.9. The monoisotopic (exact) mass is 454 g/mol. The highest BCUT2D eigenvalue weighted by molar-refractivity contribution is 5.85. The number of halogens is 3. The van der Waals surface area contributed by atoms with Crippen LogP contribution in [0.3, 0.4) is 0 Å². The van der Waals surface area contributed by atoms with Gasteiger partial charge in [-0.05, 0) is 57.7 Å². The van der Waals surface area contributed by atoms with Crippen molar-refractivity contribution in [2.45, 2.75) is 64.4 Å². The third kappa shape index (κ3) is 4.42. The van der Waals surface area contributed by atoms with Crippen LogP contribution in [0.15, 0.2) is 12.3 Å². The molecule has 0 spiro atoms. The molecule has 32 heavy (non-hydrogen) atoms. The average Bonchev–Trinajstić information content (AvgIpc) is 3.22. The normalized spacial score (nSPS) is 27.6. The highest BCUT2D eigenvalue weighted by atomic mass is 19.4. The lowest BCUT2D eigenvalue weighted by Crippen LogP contribution is -2.49. The van der Waals surface area contributed by atoms with Crippen LogP contribution in [-0.4, -0.2) is 53.2 Å². The van der Waals surface area contributed by atoms with E-state index in [0.29, 0.717) is 50.2 Å². The number of nitrogens with zero attached hydrogens (tertiary/aromatic N) is 2. The number of hydrogen-bond acceptors (Lipinski definition) is 5. The number of alkyl carbamates (subject to hydrolysis) is 1. The summed E-state index contributed by atoms with van der Waals surface area (Å²) in [5.41, 5.74) is -1.03. The van der Waals surface area contributed by atoms with E-state index in [1.165, 1.54) is 0 Å². The molecule has 2 amide bonds. The van der Waals surface area contributed by atoms with Crippen molar-refractivity contribution in [1.29, 1.82) is 0 Å². The molecule has 0 aromatic carbocycles. The quantitative estimate of drug-likeness (QED) is 0.718. The molecule has 1 aromatic heterocycles. The molecule has 2 aliphatic heterocycles. The molecule has 1 aromatic rings. The van der Waals surface area contributed by atoms with Crippen LogP contribution in [0.25, 0.3) is 0 Å². The lowest BCUT2D eigenvalue weighted by Gasteiger charge is -2.37. The summed E-state index contributed by atoms with van der Waals surface area (Å²) in [5.74, 6) is -0.0139. The van der Waals surface area contributed by atoms with Crippen LogP contribution >= 0.6 is 0 Å². The zero-order chi connectivity index (χ0) is 23.3. The van der Waals surface area contributed by atoms with E-state index >= 15 is 0 Å². The zero-order valence-electron chi connectivity index (χ0n) is 18.5. The van der Waals surface area contributed by atoms with E-state index in [1.807, 2.05) is 0 Å². The number of hydrogen-bond donors (Lipinski definition) is 2. The summed E-state index contributed by atoms with van der Waals surface area (Å²) in [5, 5.41) is 6.18. The molecule has 3 unspecified atom stereocenters. The lowest BCUT2D eigenvalue weighted by atomic mass is 9.78. The Bertz CT molecular complexity index is 915. The van der Waals surface area contributed by atoms with E-state index in [9.17, 15) is 22.8 Å².